The van der Waals surface area contributed by atoms with E-state index in [4.69, 9.17) is 10.4 Å². The highest BCUT2D eigenvalue weighted by Gasteiger charge is 2.30. The molecular weight excluding hydrogens is 219 g/mol. The minimum atomic E-state index is -4.36. The summed E-state index contributed by atoms with van der Waals surface area (Å²) in [6, 6.07) is 6.49. The first-order valence-corrected chi connectivity index (χ1v) is 4.67. The molecule has 1 N–H and O–H groups in total. The van der Waals surface area contributed by atoms with Crippen molar-refractivity contribution in [3.63, 3.8) is 0 Å². The van der Waals surface area contributed by atoms with Crippen LogP contribution in [0.15, 0.2) is 24.3 Å². The van der Waals surface area contributed by atoms with E-state index in [1.54, 1.807) is 12.1 Å². The lowest BCUT2D eigenvalue weighted by atomic mass is 10.0. The Morgan fingerprint density at radius 1 is 1.38 bits per heavy atom. The van der Waals surface area contributed by atoms with Crippen molar-refractivity contribution in [2.45, 2.75) is 25.1 Å². The van der Waals surface area contributed by atoms with Crippen LogP contribution in [0.3, 0.4) is 0 Å². The van der Waals surface area contributed by atoms with Crippen molar-refractivity contribution >= 4 is 0 Å². The number of nitrogens with zero attached hydrogens (tertiary/aromatic N) is 1. The summed E-state index contributed by atoms with van der Waals surface area (Å²) in [5, 5.41) is 17.3. The molecule has 0 aromatic heterocycles. The number of hydrogen-bond donors (Lipinski definition) is 1. The Labute approximate surface area is 90.9 Å². The van der Waals surface area contributed by atoms with Gasteiger partial charge in [-0.25, -0.2) is 0 Å². The van der Waals surface area contributed by atoms with E-state index in [-0.39, 0.29) is 12.8 Å². The fourth-order valence-electron chi connectivity index (χ4n) is 1.27. The summed E-state index contributed by atoms with van der Waals surface area (Å²) in [6.07, 6.45) is -5.10. The zero-order valence-electron chi connectivity index (χ0n) is 8.33. The number of benzene rings is 1. The van der Waals surface area contributed by atoms with Gasteiger partial charge in [-0.05, 0) is 24.5 Å². The first-order chi connectivity index (χ1) is 7.43. The maximum absolute atomic E-state index is 12.3. The third kappa shape index (κ3) is 3.55. The quantitative estimate of drug-likeness (QED) is 0.809. The number of aryl methyl sites for hydroxylation is 1. The molecule has 0 heterocycles. The van der Waals surface area contributed by atoms with Crippen molar-refractivity contribution in [2.24, 2.45) is 0 Å². The van der Waals surface area contributed by atoms with Crippen LogP contribution in [0.1, 0.15) is 17.5 Å². The van der Waals surface area contributed by atoms with Crippen LogP contribution in [-0.2, 0) is 12.6 Å². The standard InChI is InChI=1S/C11H10F3NO/c12-11(13,14)9-3-1-2-8(6-9)4-5-10(16)7-15/h1-3,6,10,16H,4-5H2. The first kappa shape index (κ1) is 12.5. The second kappa shape index (κ2) is 4.99. The lowest BCUT2D eigenvalue weighted by Gasteiger charge is -2.08. The minimum absolute atomic E-state index is 0.137. The molecule has 0 aliphatic carbocycles. The lowest BCUT2D eigenvalue weighted by Crippen LogP contribution is -2.07. The van der Waals surface area contributed by atoms with Gasteiger partial charge in [0.05, 0.1) is 11.6 Å². The Hall–Kier alpha value is -1.54. The SMILES string of the molecule is N#CC(O)CCc1cccc(C(F)(F)F)c1. The smallest absolute Gasteiger partial charge is 0.378 e. The normalized spacial score (nSPS) is 13.2. The second-order valence-corrected chi connectivity index (χ2v) is 3.38. The number of halogens is 3. The molecule has 0 bridgehead atoms. The molecule has 1 aromatic rings. The largest absolute Gasteiger partial charge is 0.416 e. The monoisotopic (exact) mass is 229 g/mol. The van der Waals surface area contributed by atoms with Crippen LogP contribution in [0.5, 0.6) is 0 Å². The molecule has 2 nitrogen and oxygen atoms in total. The highest BCUT2D eigenvalue weighted by molar-refractivity contribution is 5.25. The summed E-state index contributed by atoms with van der Waals surface area (Å²) in [7, 11) is 0. The van der Waals surface area contributed by atoms with Crippen molar-refractivity contribution in [1.82, 2.24) is 0 Å². The van der Waals surface area contributed by atoms with Crippen molar-refractivity contribution in [3.05, 3.63) is 35.4 Å². The first-order valence-electron chi connectivity index (χ1n) is 4.67. The van der Waals surface area contributed by atoms with Gasteiger partial charge in [-0.3, -0.25) is 0 Å². The van der Waals surface area contributed by atoms with E-state index < -0.39 is 17.8 Å². The highest BCUT2D eigenvalue weighted by atomic mass is 19.4. The van der Waals surface area contributed by atoms with Crippen molar-refractivity contribution in [2.75, 3.05) is 0 Å². The summed E-state index contributed by atoms with van der Waals surface area (Å²) in [4.78, 5) is 0. The van der Waals surface area contributed by atoms with Crippen LogP contribution in [0.4, 0.5) is 13.2 Å². The van der Waals surface area contributed by atoms with E-state index in [0.717, 1.165) is 12.1 Å². The van der Waals surface area contributed by atoms with E-state index in [1.807, 2.05) is 0 Å². The summed E-state index contributed by atoms with van der Waals surface area (Å²) in [5.74, 6) is 0. The molecular formula is C11H10F3NO. The van der Waals surface area contributed by atoms with Crippen LogP contribution < -0.4 is 0 Å². The summed E-state index contributed by atoms with van der Waals surface area (Å²) < 4.78 is 37.0. The zero-order chi connectivity index (χ0) is 12.2. The average Bonchev–Trinajstić information content (AvgIpc) is 2.25. The molecule has 1 rings (SSSR count). The van der Waals surface area contributed by atoms with Crippen molar-refractivity contribution in [3.8, 4) is 6.07 Å². The molecule has 0 spiro atoms. The van der Waals surface area contributed by atoms with Crippen LogP contribution in [0.25, 0.3) is 0 Å². The molecule has 0 saturated heterocycles. The van der Waals surface area contributed by atoms with Crippen LogP contribution in [0.2, 0.25) is 0 Å². The van der Waals surface area contributed by atoms with Gasteiger partial charge < -0.3 is 5.11 Å². The van der Waals surface area contributed by atoms with Gasteiger partial charge in [-0.15, -0.1) is 0 Å². The van der Waals surface area contributed by atoms with Crippen LogP contribution >= 0.6 is 0 Å². The molecule has 0 amide bonds. The molecule has 5 heteroatoms. The van der Waals surface area contributed by atoms with Gasteiger partial charge in [0.25, 0.3) is 0 Å². The number of hydrogen-bond acceptors (Lipinski definition) is 2. The Balaban J connectivity index is 2.73. The Bertz CT molecular complexity index is 395. The summed E-state index contributed by atoms with van der Waals surface area (Å²) in [5.41, 5.74) is -0.249. The number of aliphatic hydroxyl groups is 1. The number of aliphatic hydroxyl groups excluding tert-OH is 1. The Kier molecular flexibility index (Phi) is 3.91. The van der Waals surface area contributed by atoms with E-state index >= 15 is 0 Å². The fraction of sp³-hybridized carbons (Fsp3) is 0.364. The number of nitriles is 1. The topological polar surface area (TPSA) is 44.0 Å². The molecule has 1 atom stereocenters. The predicted octanol–water partition coefficient (Wildman–Crippen LogP) is 2.52. The molecule has 0 saturated carbocycles. The number of alkyl halides is 3. The molecule has 0 fully saturated rings. The van der Waals surface area contributed by atoms with Crippen molar-refractivity contribution < 1.29 is 18.3 Å². The van der Waals surface area contributed by atoms with E-state index in [2.05, 4.69) is 0 Å². The van der Waals surface area contributed by atoms with E-state index in [9.17, 15) is 13.2 Å². The van der Waals surface area contributed by atoms with Crippen LogP contribution in [0, 0.1) is 11.3 Å². The highest BCUT2D eigenvalue weighted by Crippen LogP contribution is 2.29. The number of rotatable bonds is 3. The van der Waals surface area contributed by atoms with Gasteiger partial charge in [-0.2, -0.15) is 18.4 Å². The molecule has 1 unspecified atom stereocenters. The van der Waals surface area contributed by atoms with E-state index in [0.29, 0.717) is 5.56 Å². The van der Waals surface area contributed by atoms with Gasteiger partial charge in [0, 0.05) is 0 Å². The third-order valence-electron chi connectivity index (χ3n) is 2.11. The molecule has 16 heavy (non-hydrogen) atoms. The zero-order valence-corrected chi connectivity index (χ0v) is 8.33. The van der Waals surface area contributed by atoms with Gasteiger partial charge in [0.15, 0.2) is 0 Å². The second-order valence-electron chi connectivity index (χ2n) is 3.38. The molecule has 0 radical (unpaired) electrons. The molecule has 1 aromatic carbocycles. The molecule has 0 aliphatic heterocycles. The summed E-state index contributed by atoms with van der Waals surface area (Å²) >= 11 is 0. The lowest BCUT2D eigenvalue weighted by molar-refractivity contribution is -0.137. The van der Waals surface area contributed by atoms with Gasteiger partial charge >= 0.3 is 6.18 Å². The Morgan fingerprint density at radius 2 is 2.06 bits per heavy atom. The predicted molar refractivity (Wildman–Crippen MR) is 51.4 cm³/mol. The maximum atomic E-state index is 12.3. The van der Waals surface area contributed by atoms with Crippen molar-refractivity contribution in [1.29, 1.82) is 5.26 Å². The third-order valence-corrected chi connectivity index (χ3v) is 2.11. The van der Waals surface area contributed by atoms with Crippen LogP contribution in [-0.4, -0.2) is 11.2 Å². The van der Waals surface area contributed by atoms with Gasteiger partial charge in [-0.1, -0.05) is 18.2 Å². The van der Waals surface area contributed by atoms with E-state index in [1.165, 1.54) is 6.07 Å². The summed E-state index contributed by atoms with van der Waals surface area (Å²) in [6.45, 7) is 0. The van der Waals surface area contributed by atoms with Gasteiger partial charge in [0.1, 0.15) is 6.10 Å². The van der Waals surface area contributed by atoms with Gasteiger partial charge in [0.2, 0.25) is 0 Å². The molecule has 86 valence electrons. The fourth-order valence-corrected chi connectivity index (χ4v) is 1.27. The molecule has 0 aliphatic rings. The average molecular weight is 229 g/mol. The maximum Gasteiger partial charge on any atom is 0.416 e. The minimum Gasteiger partial charge on any atom is -0.378 e. The Morgan fingerprint density at radius 3 is 2.62 bits per heavy atom.